The van der Waals surface area contributed by atoms with Crippen molar-refractivity contribution in [2.75, 3.05) is 18.0 Å². The molecule has 2 heterocycles. The maximum absolute atomic E-state index is 4.60. The van der Waals surface area contributed by atoms with Crippen LogP contribution in [0.2, 0.25) is 0 Å². The molecule has 1 saturated heterocycles. The Balaban J connectivity index is 2.17. The number of hydrogen-bond acceptors (Lipinski definition) is 3. The maximum Gasteiger partial charge on any atom is 0.106 e. The standard InChI is InChI=1S/C13H20BrN3/c1-10(2)15-9-11-12(5-6-13(14)16-11)17-7-3-4-8-17/h5-6,10,15H,3-4,7-9H2,1-2H3. The normalized spacial score (nSPS) is 15.9. The molecule has 17 heavy (non-hydrogen) atoms. The van der Waals surface area contributed by atoms with E-state index >= 15 is 0 Å². The molecule has 0 unspecified atom stereocenters. The van der Waals surface area contributed by atoms with E-state index in [0.717, 1.165) is 29.9 Å². The minimum Gasteiger partial charge on any atom is -0.370 e. The summed E-state index contributed by atoms with van der Waals surface area (Å²) in [6.45, 7) is 7.49. The average molecular weight is 298 g/mol. The number of aromatic nitrogens is 1. The van der Waals surface area contributed by atoms with Crippen LogP contribution in [-0.2, 0) is 6.54 Å². The van der Waals surface area contributed by atoms with Crippen molar-refractivity contribution in [1.29, 1.82) is 0 Å². The molecule has 1 aliphatic heterocycles. The Kier molecular flexibility index (Phi) is 4.40. The highest BCUT2D eigenvalue weighted by atomic mass is 79.9. The molecule has 0 saturated carbocycles. The van der Waals surface area contributed by atoms with Crippen LogP contribution >= 0.6 is 15.9 Å². The molecule has 0 spiro atoms. The zero-order valence-corrected chi connectivity index (χ0v) is 12.1. The molecule has 4 heteroatoms. The van der Waals surface area contributed by atoms with E-state index in [1.165, 1.54) is 18.5 Å². The van der Waals surface area contributed by atoms with Crippen molar-refractivity contribution < 1.29 is 0 Å². The van der Waals surface area contributed by atoms with Crippen LogP contribution in [0.5, 0.6) is 0 Å². The minimum absolute atomic E-state index is 0.488. The number of nitrogens with zero attached hydrogens (tertiary/aromatic N) is 2. The van der Waals surface area contributed by atoms with Crippen molar-refractivity contribution in [3.8, 4) is 0 Å². The lowest BCUT2D eigenvalue weighted by atomic mass is 10.2. The van der Waals surface area contributed by atoms with Crippen LogP contribution in [0.3, 0.4) is 0 Å². The van der Waals surface area contributed by atoms with Crippen LogP contribution in [0.4, 0.5) is 5.69 Å². The van der Waals surface area contributed by atoms with Gasteiger partial charge in [0.05, 0.1) is 11.4 Å². The first-order chi connectivity index (χ1) is 8.16. The predicted molar refractivity (Wildman–Crippen MR) is 75.4 cm³/mol. The molecule has 1 N–H and O–H groups in total. The molecule has 0 bridgehead atoms. The number of hydrogen-bond donors (Lipinski definition) is 1. The fourth-order valence-corrected chi connectivity index (χ4v) is 2.49. The van der Waals surface area contributed by atoms with Crippen LogP contribution in [0.15, 0.2) is 16.7 Å². The van der Waals surface area contributed by atoms with Crippen LogP contribution in [-0.4, -0.2) is 24.1 Å². The Labute approximate surface area is 112 Å². The molecular weight excluding hydrogens is 278 g/mol. The largest absolute Gasteiger partial charge is 0.370 e. The van der Waals surface area contributed by atoms with E-state index < -0.39 is 0 Å². The number of halogens is 1. The first-order valence-electron chi connectivity index (χ1n) is 6.30. The van der Waals surface area contributed by atoms with Gasteiger partial charge in [0.15, 0.2) is 0 Å². The number of nitrogens with one attached hydrogen (secondary N) is 1. The highest BCUT2D eigenvalue weighted by Gasteiger charge is 2.16. The first kappa shape index (κ1) is 12.8. The van der Waals surface area contributed by atoms with E-state index in [2.05, 4.69) is 51.0 Å². The second kappa shape index (κ2) is 5.83. The number of anilines is 1. The molecule has 0 atom stereocenters. The van der Waals surface area contributed by atoms with Crippen molar-refractivity contribution in [1.82, 2.24) is 10.3 Å². The van der Waals surface area contributed by atoms with E-state index in [1.807, 2.05) is 6.07 Å². The highest BCUT2D eigenvalue weighted by molar-refractivity contribution is 9.10. The third-order valence-corrected chi connectivity index (χ3v) is 3.48. The van der Waals surface area contributed by atoms with Gasteiger partial charge >= 0.3 is 0 Å². The van der Waals surface area contributed by atoms with Crippen molar-refractivity contribution in [2.45, 2.75) is 39.3 Å². The van der Waals surface area contributed by atoms with Gasteiger partial charge in [-0.25, -0.2) is 4.98 Å². The summed E-state index contributed by atoms with van der Waals surface area (Å²) in [6, 6.07) is 4.70. The van der Waals surface area contributed by atoms with E-state index in [9.17, 15) is 0 Å². The molecule has 0 aromatic carbocycles. The monoisotopic (exact) mass is 297 g/mol. The summed E-state index contributed by atoms with van der Waals surface area (Å²) in [7, 11) is 0. The molecule has 0 aliphatic carbocycles. The molecule has 0 radical (unpaired) electrons. The molecule has 1 aromatic rings. The van der Waals surface area contributed by atoms with Crippen LogP contribution in [0.25, 0.3) is 0 Å². The molecule has 3 nitrogen and oxygen atoms in total. The van der Waals surface area contributed by atoms with Crippen LogP contribution in [0, 0.1) is 0 Å². The topological polar surface area (TPSA) is 28.2 Å². The molecule has 2 rings (SSSR count). The van der Waals surface area contributed by atoms with Crippen molar-refractivity contribution in [2.24, 2.45) is 0 Å². The molecule has 0 amide bonds. The van der Waals surface area contributed by atoms with Gasteiger partial charge in [-0.05, 0) is 40.9 Å². The lowest BCUT2D eigenvalue weighted by Crippen LogP contribution is -2.26. The van der Waals surface area contributed by atoms with Gasteiger partial charge in [0, 0.05) is 25.7 Å². The second-order valence-corrected chi connectivity index (χ2v) is 5.64. The van der Waals surface area contributed by atoms with Gasteiger partial charge in [-0.2, -0.15) is 0 Å². The number of rotatable bonds is 4. The summed E-state index contributed by atoms with van der Waals surface area (Å²) in [4.78, 5) is 7.04. The van der Waals surface area contributed by atoms with E-state index in [4.69, 9.17) is 0 Å². The van der Waals surface area contributed by atoms with Gasteiger partial charge in [-0.3, -0.25) is 0 Å². The Morgan fingerprint density at radius 3 is 2.71 bits per heavy atom. The minimum atomic E-state index is 0.488. The molecule has 1 aromatic heterocycles. The third-order valence-electron chi connectivity index (χ3n) is 3.04. The summed E-state index contributed by atoms with van der Waals surface area (Å²) in [5, 5.41) is 3.44. The summed E-state index contributed by atoms with van der Waals surface area (Å²) in [5.41, 5.74) is 2.44. The Bertz CT molecular complexity index is 373. The molecular formula is C13H20BrN3. The quantitative estimate of drug-likeness (QED) is 0.866. The van der Waals surface area contributed by atoms with Crippen molar-refractivity contribution in [3.05, 3.63) is 22.4 Å². The third kappa shape index (κ3) is 3.42. The summed E-state index contributed by atoms with van der Waals surface area (Å²) < 4.78 is 0.918. The van der Waals surface area contributed by atoms with Gasteiger partial charge < -0.3 is 10.2 Å². The fourth-order valence-electron chi connectivity index (χ4n) is 2.14. The SMILES string of the molecule is CC(C)NCc1nc(Br)ccc1N1CCCC1. The predicted octanol–water partition coefficient (Wildman–Crippen LogP) is 2.94. The van der Waals surface area contributed by atoms with Crippen LogP contribution in [0.1, 0.15) is 32.4 Å². The Morgan fingerprint density at radius 2 is 2.06 bits per heavy atom. The van der Waals surface area contributed by atoms with E-state index in [0.29, 0.717) is 6.04 Å². The van der Waals surface area contributed by atoms with E-state index in [1.54, 1.807) is 0 Å². The lowest BCUT2D eigenvalue weighted by Gasteiger charge is -2.21. The van der Waals surface area contributed by atoms with Gasteiger partial charge in [0.25, 0.3) is 0 Å². The van der Waals surface area contributed by atoms with E-state index in [-0.39, 0.29) is 0 Å². The van der Waals surface area contributed by atoms with Gasteiger partial charge in [-0.1, -0.05) is 13.8 Å². The van der Waals surface area contributed by atoms with Crippen LogP contribution < -0.4 is 10.2 Å². The first-order valence-corrected chi connectivity index (χ1v) is 7.10. The fraction of sp³-hybridized carbons (Fsp3) is 0.615. The zero-order valence-electron chi connectivity index (χ0n) is 10.5. The zero-order chi connectivity index (χ0) is 12.3. The Hall–Kier alpha value is -0.610. The molecule has 1 aliphatic rings. The second-order valence-electron chi connectivity index (χ2n) is 4.83. The Morgan fingerprint density at radius 1 is 1.35 bits per heavy atom. The van der Waals surface area contributed by atoms with Gasteiger partial charge in [-0.15, -0.1) is 0 Å². The van der Waals surface area contributed by atoms with Gasteiger partial charge in [0.1, 0.15) is 4.60 Å². The summed E-state index contributed by atoms with van der Waals surface area (Å²) >= 11 is 3.45. The average Bonchev–Trinajstić information content (AvgIpc) is 2.80. The lowest BCUT2D eigenvalue weighted by molar-refractivity contribution is 0.580. The molecule has 94 valence electrons. The summed E-state index contributed by atoms with van der Waals surface area (Å²) in [5.74, 6) is 0. The smallest absolute Gasteiger partial charge is 0.106 e. The molecule has 1 fully saturated rings. The highest BCUT2D eigenvalue weighted by Crippen LogP contribution is 2.25. The van der Waals surface area contributed by atoms with Crippen molar-refractivity contribution >= 4 is 21.6 Å². The summed E-state index contributed by atoms with van der Waals surface area (Å²) in [6.07, 6.45) is 2.60. The maximum atomic E-state index is 4.60. The van der Waals surface area contributed by atoms with Crippen molar-refractivity contribution in [3.63, 3.8) is 0 Å². The van der Waals surface area contributed by atoms with Gasteiger partial charge in [0.2, 0.25) is 0 Å². The number of pyridine rings is 1.